The van der Waals surface area contributed by atoms with Crippen LogP contribution < -0.4 is 10.6 Å². The lowest BCUT2D eigenvalue weighted by molar-refractivity contribution is -0.139. The van der Waals surface area contributed by atoms with Crippen molar-refractivity contribution < 1.29 is 14.3 Å². The van der Waals surface area contributed by atoms with Crippen LogP contribution in [-0.2, 0) is 14.3 Å². The second-order valence-electron chi connectivity index (χ2n) is 10.5. The Labute approximate surface area is 189 Å². The normalized spacial score (nSPS) is 28.2. The Balaban J connectivity index is 1.69. The number of amides is 2. The van der Waals surface area contributed by atoms with Crippen molar-refractivity contribution in [3.8, 4) is 0 Å². The average molecular weight is 436 g/mol. The Hall–Kier alpha value is -1.14. The maximum atomic E-state index is 13.6. The third-order valence-corrected chi connectivity index (χ3v) is 7.62. The number of carbonyl (C=O) groups excluding carboxylic acids is 2. The molecule has 2 amide bonds. The number of ether oxygens (including phenoxy) is 1. The van der Waals surface area contributed by atoms with Crippen molar-refractivity contribution in [2.75, 3.05) is 32.8 Å². The van der Waals surface area contributed by atoms with E-state index < -0.39 is 6.04 Å². The summed E-state index contributed by atoms with van der Waals surface area (Å²) in [6, 6.07) is 0.269. The van der Waals surface area contributed by atoms with E-state index in [2.05, 4.69) is 29.4 Å². The van der Waals surface area contributed by atoms with Gasteiger partial charge in [0.15, 0.2) is 0 Å². The van der Waals surface area contributed by atoms with Crippen LogP contribution in [0.15, 0.2) is 0 Å². The highest BCUT2D eigenvalue weighted by molar-refractivity contribution is 5.90. The molecule has 0 aromatic rings. The van der Waals surface area contributed by atoms with E-state index in [0.29, 0.717) is 31.5 Å². The summed E-state index contributed by atoms with van der Waals surface area (Å²) in [7, 11) is 0. The third-order valence-electron chi connectivity index (χ3n) is 7.62. The number of hydrogen-bond acceptors (Lipinski definition) is 4. The summed E-state index contributed by atoms with van der Waals surface area (Å²) in [5, 5.41) is 6.22. The van der Waals surface area contributed by atoms with Gasteiger partial charge >= 0.3 is 0 Å². The number of rotatable bonds is 3. The quantitative estimate of drug-likeness (QED) is 0.710. The fourth-order valence-corrected chi connectivity index (χ4v) is 5.65. The number of carbonyl (C=O) groups is 2. The molecule has 1 spiro atoms. The molecule has 3 fully saturated rings. The monoisotopic (exact) mass is 435 g/mol. The number of hydrogen-bond donors (Lipinski definition) is 2. The molecule has 2 aliphatic heterocycles. The van der Waals surface area contributed by atoms with Crippen molar-refractivity contribution in [3.63, 3.8) is 0 Å². The van der Waals surface area contributed by atoms with Gasteiger partial charge in [0.25, 0.3) is 0 Å². The summed E-state index contributed by atoms with van der Waals surface area (Å²) in [4.78, 5) is 29.1. The minimum absolute atomic E-state index is 0.0473. The Morgan fingerprint density at radius 2 is 1.68 bits per heavy atom. The summed E-state index contributed by atoms with van der Waals surface area (Å²) >= 11 is 0. The van der Waals surface area contributed by atoms with Crippen molar-refractivity contribution in [1.82, 2.24) is 15.5 Å². The highest BCUT2D eigenvalue weighted by atomic mass is 16.5. The van der Waals surface area contributed by atoms with Gasteiger partial charge in [0.05, 0.1) is 5.41 Å². The first-order valence-corrected chi connectivity index (χ1v) is 12.9. The van der Waals surface area contributed by atoms with Crippen molar-refractivity contribution in [1.29, 1.82) is 0 Å². The molecule has 0 unspecified atom stereocenters. The number of nitrogens with one attached hydrogen (secondary N) is 2. The van der Waals surface area contributed by atoms with Crippen LogP contribution in [0.3, 0.4) is 0 Å². The van der Waals surface area contributed by atoms with Crippen molar-refractivity contribution in [3.05, 3.63) is 0 Å². The molecule has 2 N–H and O–H groups in total. The predicted octanol–water partition coefficient (Wildman–Crippen LogP) is 3.64. The molecule has 31 heavy (non-hydrogen) atoms. The van der Waals surface area contributed by atoms with E-state index in [1.807, 2.05) is 0 Å². The van der Waals surface area contributed by atoms with Crippen LogP contribution in [0.4, 0.5) is 0 Å². The van der Waals surface area contributed by atoms with Gasteiger partial charge in [-0.25, -0.2) is 0 Å². The molecule has 0 aromatic carbocycles. The lowest BCUT2D eigenvalue weighted by atomic mass is 9.72. The second kappa shape index (κ2) is 12.2. The van der Waals surface area contributed by atoms with Crippen LogP contribution in [-0.4, -0.2) is 61.6 Å². The summed E-state index contributed by atoms with van der Waals surface area (Å²) in [5.74, 6) is 0.408. The zero-order valence-electron chi connectivity index (χ0n) is 19.9. The molecular weight excluding hydrogens is 390 g/mol. The molecule has 3 rings (SSSR count). The van der Waals surface area contributed by atoms with E-state index >= 15 is 0 Å². The van der Waals surface area contributed by atoms with Crippen molar-refractivity contribution in [2.45, 2.75) is 103 Å². The molecular formula is C25H45N3O3. The minimum Gasteiger partial charge on any atom is -0.381 e. The van der Waals surface area contributed by atoms with Gasteiger partial charge in [0.2, 0.25) is 11.8 Å². The van der Waals surface area contributed by atoms with E-state index in [-0.39, 0.29) is 17.2 Å². The first-order valence-electron chi connectivity index (χ1n) is 12.9. The second-order valence-corrected chi connectivity index (χ2v) is 10.5. The first-order chi connectivity index (χ1) is 15.0. The highest BCUT2D eigenvalue weighted by Crippen LogP contribution is 2.39. The summed E-state index contributed by atoms with van der Waals surface area (Å²) < 4.78 is 5.74. The number of nitrogens with zero attached hydrogens (tertiary/aromatic N) is 1. The van der Waals surface area contributed by atoms with Crippen LogP contribution >= 0.6 is 0 Å². The first kappa shape index (κ1) is 24.5. The van der Waals surface area contributed by atoms with Gasteiger partial charge in [-0.15, -0.1) is 0 Å². The fraction of sp³-hybridized carbons (Fsp3) is 0.920. The van der Waals surface area contributed by atoms with Crippen molar-refractivity contribution in [2.24, 2.45) is 11.3 Å². The van der Waals surface area contributed by atoms with Crippen LogP contribution in [0.5, 0.6) is 0 Å². The lowest BCUT2D eigenvalue weighted by Crippen LogP contribution is -2.56. The van der Waals surface area contributed by atoms with Gasteiger partial charge < -0.3 is 20.3 Å². The van der Waals surface area contributed by atoms with Gasteiger partial charge in [0, 0.05) is 25.8 Å². The summed E-state index contributed by atoms with van der Waals surface area (Å²) in [6.45, 7) is 8.27. The van der Waals surface area contributed by atoms with Crippen LogP contribution in [0.25, 0.3) is 0 Å². The fourth-order valence-electron chi connectivity index (χ4n) is 5.65. The van der Waals surface area contributed by atoms with Crippen LogP contribution in [0.1, 0.15) is 90.9 Å². The SMILES string of the molecule is CC(C)C[C@@H]1NC(=O)C2(CCCCOCCCNC1=O)CCN(C1CCCCC1)CC2. The molecule has 6 heteroatoms. The standard InChI is InChI=1S/C25H45N3O3/c1-20(2)19-22-23(29)26-14-8-18-31-17-7-6-11-25(24(30)27-22)12-15-28(16-13-25)21-9-4-3-5-10-21/h20-22H,3-19H2,1-2H3,(H,26,29)(H,27,30)/t22-/m0/s1. The molecule has 1 aliphatic carbocycles. The van der Waals surface area contributed by atoms with Crippen molar-refractivity contribution >= 4 is 11.8 Å². The Morgan fingerprint density at radius 3 is 2.39 bits per heavy atom. The number of piperidine rings is 1. The van der Waals surface area contributed by atoms with E-state index in [1.54, 1.807) is 0 Å². The molecule has 3 aliphatic rings. The molecule has 0 aromatic heterocycles. The number of likely N-dealkylation sites (tertiary alicyclic amines) is 1. The molecule has 0 bridgehead atoms. The molecule has 1 saturated carbocycles. The third kappa shape index (κ3) is 7.18. The maximum absolute atomic E-state index is 13.6. The Morgan fingerprint density at radius 1 is 0.968 bits per heavy atom. The lowest BCUT2D eigenvalue weighted by Gasteiger charge is -2.45. The zero-order valence-corrected chi connectivity index (χ0v) is 19.9. The molecule has 0 radical (unpaired) electrons. The maximum Gasteiger partial charge on any atom is 0.242 e. The van der Waals surface area contributed by atoms with Gasteiger partial charge in [-0.1, -0.05) is 39.5 Å². The van der Waals surface area contributed by atoms with Gasteiger partial charge in [-0.2, -0.15) is 0 Å². The minimum atomic E-state index is -0.440. The average Bonchev–Trinajstić information content (AvgIpc) is 2.77. The molecule has 178 valence electrons. The van der Waals surface area contributed by atoms with Crippen LogP contribution in [0.2, 0.25) is 0 Å². The predicted molar refractivity (Wildman–Crippen MR) is 124 cm³/mol. The summed E-state index contributed by atoms with van der Waals surface area (Å²) in [5.41, 5.74) is -0.342. The van der Waals surface area contributed by atoms with Gasteiger partial charge in [0.1, 0.15) is 6.04 Å². The van der Waals surface area contributed by atoms with Gasteiger partial charge in [-0.05, 0) is 70.4 Å². The Bertz CT molecular complexity index is 566. The Kier molecular flexibility index (Phi) is 9.64. The largest absolute Gasteiger partial charge is 0.381 e. The zero-order chi connectivity index (χ0) is 22.1. The molecule has 1 atom stereocenters. The smallest absolute Gasteiger partial charge is 0.242 e. The van der Waals surface area contributed by atoms with E-state index in [1.165, 1.54) is 32.1 Å². The summed E-state index contributed by atoms with van der Waals surface area (Å²) in [6.07, 6.45) is 12.9. The molecule has 2 saturated heterocycles. The van der Waals surface area contributed by atoms with Crippen LogP contribution in [0, 0.1) is 11.3 Å². The highest BCUT2D eigenvalue weighted by Gasteiger charge is 2.43. The molecule has 2 heterocycles. The van der Waals surface area contributed by atoms with E-state index in [9.17, 15) is 9.59 Å². The van der Waals surface area contributed by atoms with E-state index in [0.717, 1.165) is 58.2 Å². The van der Waals surface area contributed by atoms with E-state index in [4.69, 9.17) is 4.74 Å². The topological polar surface area (TPSA) is 70.7 Å². The van der Waals surface area contributed by atoms with Gasteiger partial charge in [-0.3, -0.25) is 9.59 Å². The molecule has 6 nitrogen and oxygen atoms in total.